The number of aliphatic hydroxyl groups is 1. The SMILES string of the molecule is CCC/C=C\CCCCCCCC(=O)OC(CO)COCCCCCCCCCC/C=C\C/C=C\CCCCCC. The Hall–Kier alpha value is -1.39. The lowest BCUT2D eigenvalue weighted by atomic mass is 10.1. The van der Waals surface area contributed by atoms with Gasteiger partial charge in [-0.25, -0.2) is 0 Å². The second-order valence-corrected chi connectivity index (χ2v) is 11.6. The van der Waals surface area contributed by atoms with E-state index in [4.69, 9.17) is 9.47 Å². The zero-order chi connectivity index (χ0) is 29.9. The number of hydrogen-bond acceptors (Lipinski definition) is 4. The van der Waals surface area contributed by atoms with E-state index in [0.717, 1.165) is 38.5 Å². The topological polar surface area (TPSA) is 55.8 Å². The molecule has 0 saturated heterocycles. The van der Waals surface area contributed by atoms with Crippen LogP contribution in [0.15, 0.2) is 36.5 Å². The summed E-state index contributed by atoms with van der Waals surface area (Å²) in [5.41, 5.74) is 0. The molecular weight excluding hydrogens is 508 g/mol. The molecule has 0 spiro atoms. The van der Waals surface area contributed by atoms with Crippen LogP contribution in [0.1, 0.15) is 168 Å². The minimum Gasteiger partial charge on any atom is -0.457 e. The predicted octanol–water partition coefficient (Wildman–Crippen LogP) is 11.0. The molecule has 1 N–H and O–H groups in total. The van der Waals surface area contributed by atoms with Gasteiger partial charge in [0, 0.05) is 13.0 Å². The van der Waals surface area contributed by atoms with Crippen LogP contribution in [0.4, 0.5) is 0 Å². The summed E-state index contributed by atoms with van der Waals surface area (Å²) in [4.78, 5) is 12.1. The number of ether oxygens (including phenoxy) is 2. The number of rotatable bonds is 32. The summed E-state index contributed by atoms with van der Waals surface area (Å²) >= 11 is 0. The molecule has 41 heavy (non-hydrogen) atoms. The predicted molar refractivity (Wildman–Crippen MR) is 177 cm³/mol. The van der Waals surface area contributed by atoms with Crippen molar-refractivity contribution in [1.29, 1.82) is 0 Å². The minimum absolute atomic E-state index is 0.177. The third-order valence-electron chi connectivity index (χ3n) is 7.42. The van der Waals surface area contributed by atoms with E-state index in [9.17, 15) is 9.90 Å². The minimum atomic E-state index is -0.538. The van der Waals surface area contributed by atoms with Gasteiger partial charge < -0.3 is 14.6 Å². The molecular formula is C37H68O4. The highest BCUT2D eigenvalue weighted by atomic mass is 16.6. The highest BCUT2D eigenvalue weighted by Gasteiger charge is 2.13. The average molecular weight is 577 g/mol. The number of esters is 1. The Morgan fingerprint density at radius 1 is 0.585 bits per heavy atom. The van der Waals surface area contributed by atoms with Gasteiger partial charge in [0.25, 0.3) is 0 Å². The van der Waals surface area contributed by atoms with Gasteiger partial charge in [0.05, 0.1) is 13.2 Å². The summed E-state index contributed by atoms with van der Waals surface area (Å²) in [6, 6.07) is 0. The highest BCUT2D eigenvalue weighted by molar-refractivity contribution is 5.69. The number of aliphatic hydroxyl groups excluding tert-OH is 1. The summed E-state index contributed by atoms with van der Waals surface area (Å²) in [5, 5.41) is 9.52. The molecule has 0 heterocycles. The van der Waals surface area contributed by atoms with Gasteiger partial charge in [0.2, 0.25) is 0 Å². The van der Waals surface area contributed by atoms with Crippen molar-refractivity contribution in [2.45, 2.75) is 174 Å². The van der Waals surface area contributed by atoms with Gasteiger partial charge in [-0.05, 0) is 64.2 Å². The van der Waals surface area contributed by atoms with Gasteiger partial charge in [-0.15, -0.1) is 0 Å². The maximum Gasteiger partial charge on any atom is 0.306 e. The molecule has 0 bridgehead atoms. The van der Waals surface area contributed by atoms with Crippen molar-refractivity contribution < 1.29 is 19.4 Å². The largest absolute Gasteiger partial charge is 0.457 e. The first-order valence-electron chi connectivity index (χ1n) is 17.6. The molecule has 0 radical (unpaired) electrons. The molecule has 0 aliphatic heterocycles. The van der Waals surface area contributed by atoms with Crippen LogP contribution >= 0.6 is 0 Å². The fourth-order valence-corrected chi connectivity index (χ4v) is 4.77. The molecule has 0 fully saturated rings. The lowest BCUT2D eigenvalue weighted by molar-refractivity contribution is -0.154. The van der Waals surface area contributed by atoms with Crippen molar-refractivity contribution in [2.75, 3.05) is 19.8 Å². The molecule has 0 aliphatic rings. The van der Waals surface area contributed by atoms with Crippen LogP contribution in [0, 0.1) is 0 Å². The smallest absolute Gasteiger partial charge is 0.306 e. The third-order valence-corrected chi connectivity index (χ3v) is 7.42. The van der Waals surface area contributed by atoms with Gasteiger partial charge in [-0.3, -0.25) is 4.79 Å². The quantitative estimate of drug-likeness (QED) is 0.0491. The molecule has 0 aliphatic carbocycles. The van der Waals surface area contributed by atoms with E-state index < -0.39 is 6.10 Å². The lowest BCUT2D eigenvalue weighted by Gasteiger charge is -2.15. The maximum atomic E-state index is 12.1. The standard InChI is InChI=1S/C37H68O4/c1-3-5-7-9-11-13-15-16-17-18-19-20-21-22-23-25-27-29-31-33-40-35-36(34-38)41-37(39)32-30-28-26-24-14-12-10-8-6-4-2/h8,10,13,15,17-18,36,38H,3-7,9,11-12,14,16,19-35H2,1-2H3/b10-8-,15-13-,18-17-. The van der Waals surface area contributed by atoms with Gasteiger partial charge in [-0.2, -0.15) is 0 Å². The molecule has 0 amide bonds. The average Bonchev–Trinajstić information content (AvgIpc) is 2.98. The molecule has 4 heteroatoms. The van der Waals surface area contributed by atoms with Crippen molar-refractivity contribution in [1.82, 2.24) is 0 Å². The van der Waals surface area contributed by atoms with Gasteiger partial charge in [0.15, 0.2) is 0 Å². The highest BCUT2D eigenvalue weighted by Crippen LogP contribution is 2.12. The third kappa shape index (κ3) is 33.0. The van der Waals surface area contributed by atoms with E-state index in [1.165, 1.54) is 109 Å². The molecule has 4 nitrogen and oxygen atoms in total. The monoisotopic (exact) mass is 577 g/mol. The van der Waals surface area contributed by atoms with Crippen LogP contribution < -0.4 is 0 Å². The first-order chi connectivity index (χ1) is 20.2. The van der Waals surface area contributed by atoms with E-state index >= 15 is 0 Å². The molecule has 1 unspecified atom stereocenters. The number of carbonyl (C=O) groups is 1. The Kier molecular flexibility index (Phi) is 33.6. The van der Waals surface area contributed by atoms with Crippen LogP contribution in [0.2, 0.25) is 0 Å². The van der Waals surface area contributed by atoms with E-state index in [-0.39, 0.29) is 19.2 Å². The Bertz CT molecular complexity index is 610. The van der Waals surface area contributed by atoms with Gasteiger partial charge in [0.1, 0.15) is 6.10 Å². The Morgan fingerprint density at radius 2 is 1.07 bits per heavy atom. The van der Waals surface area contributed by atoms with Gasteiger partial charge >= 0.3 is 5.97 Å². The first-order valence-corrected chi connectivity index (χ1v) is 17.6. The van der Waals surface area contributed by atoms with Gasteiger partial charge in [-0.1, -0.05) is 134 Å². The van der Waals surface area contributed by atoms with E-state index in [2.05, 4.69) is 50.3 Å². The fourth-order valence-electron chi connectivity index (χ4n) is 4.77. The van der Waals surface area contributed by atoms with Crippen LogP contribution in [0.25, 0.3) is 0 Å². The summed E-state index contributed by atoms with van der Waals surface area (Å²) in [6.45, 7) is 5.24. The van der Waals surface area contributed by atoms with Crippen molar-refractivity contribution in [3.05, 3.63) is 36.5 Å². The van der Waals surface area contributed by atoms with Crippen LogP contribution in [-0.4, -0.2) is 37.0 Å². The normalized spacial score (nSPS) is 12.8. The lowest BCUT2D eigenvalue weighted by Crippen LogP contribution is -2.27. The molecule has 0 aromatic rings. The van der Waals surface area contributed by atoms with Crippen molar-refractivity contribution in [2.24, 2.45) is 0 Å². The van der Waals surface area contributed by atoms with Crippen molar-refractivity contribution in [3.63, 3.8) is 0 Å². The van der Waals surface area contributed by atoms with E-state index in [1.807, 2.05) is 0 Å². The number of carbonyl (C=O) groups excluding carboxylic acids is 1. The molecule has 1 atom stereocenters. The molecule has 0 aromatic heterocycles. The van der Waals surface area contributed by atoms with Crippen LogP contribution in [-0.2, 0) is 14.3 Å². The fraction of sp³-hybridized carbons (Fsp3) is 0.811. The zero-order valence-electron chi connectivity index (χ0n) is 27.3. The summed E-state index contributed by atoms with van der Waals surface area (Å²) in [6.07, 6.45) is 41.8. The van der Waals surface area contributed by atoms with Crippen molar-refractivity contribution in [3.8, 4) is 0 Å². The van der Waals surface area contributed by atoms with E-state index in [1.54, 1.807) is 0 Å². The Morgan fingerprint density at radius 3 is 1.63 bits per heavy atom. The Balaban J connectivity index is 3.44. The van der Waals surface area contributed by atoms with E-state index in [0.29, 0.717) is 13.0 Å². The first kappa shape index (κ1) is 39.6. The number of hydrogen-bond donors (Lipinski definition) is 1. The summed E-state index contributed by atoms with van der Waals surface area (Å²) in [5.74, 6) is -0.216. The summed E-state index contributed by atoms with van der Waals surface area (Å²) in [7, 11) is 0. The molecule has 0 aromatic carbocycles. The second kappa shape index (κ2) is 34.8. The zero-order valence-corrected chi connectivity index (χ0v) is 27.3. The van der Waals surface area contributed by atoms with Crippen molar-refractivity contribution >= 4 is 5.97 Å². The van der Waals surface area contributed by atoms with Crippen LogP contribution in [0.3, 0.4) is 0 Å². The molecule has 240 valence electrons. The maximum absolute atomic E-state index is 12.1. The second-order valence-electron chi connectivity index (χ2n) is 11.6. The number of allylic oxidation sites excluding steroid dienone is 6. The Labute approximate surface area is 255 Å². The molecule has 0 saturated carbocycles. The van der Waals surface area contributed by atoms with Crippen LogP contribution in [0.5, 0.6) is 0 Å². The summed E-state index contributed by atoms with van der Waals surface area (Å²) < 4.78 is 11.1. The molecule has 0 rings (SSSR count). The number of unbranched alkanes of at least 4 members (excludes halogenated alkanes) is 18.